The second-order valence-corrected chi connectivity index (χ2v) is 6.57. The molecule has 152 valence electrons. The number of hydrogen-bond donors (Lipinski definition) is 0. The topological polar surface area (TPSA) is 88.4 Å². The average Bonchev–Trinajstić information content (AvgIpc) is 3.23. The van der Waals surface area contributed by atoms with Gasteiger partial charge in [0.1, 0.15) is 19.0 Å². The molecule has 0 fully saturated rings. The summed E-state index contributed by atoms with van der Waals surface area (Å²) < 4.78 is 18.2. The minimum atomic E-state index is 0.201. The van der Waals surface area contributed by atoms with Gasteiger partial charge in [-0.05, 0) is 26.0 Å². The number of nitrogens with zero attached hydrogens (tertiary/aromatic N) is 4. The van der Waals surface area contributed by atoms with Gasteiger partial charge < -0.3 is 14.2 Å². The van der Waals surface area contributed by atoms with Crippen LogP contribution >= 0.6 is 0 Å². The summed E-state index contributed by atoms with van der Waals surface area (Å²) in [4.78, 5) is 20.2. The summed E-state index contributed by atoms with van der Waals surface area (Å²) in [6.07, 6.45) is 5.70. The van der Waals surface area contributed by atoms with Crippen molar-refractivity contribution in [1.29, 1.82) is 0 Å². The molecule has 0 N–H and O–H groups in total. The van der Waals surface area contributed by atoms with Crippen molar-refractivity contribution < 1.29 is 19.0 Å². The SMILES string of the molecule is COCCOc1cc(C=O)c(OCc2cccnc2-c2ccnn2C(C)C)cn1. The maximum Gasteiger partial charge on any atom is 0.214 e. The van der Waals surface area contributed by atoms with E-state index in [1.165, 1.54) is 6.20 Å². The zero-order valence-corrected chi connectivity index (χ0v) is 16.7. The van der Waals surface area contributed by atoms with E-state index in [-0.39, 0.29) is 12.6 Å². The molecule has 0 unspecified atom stereocenters. The van der Waals surface area contributed by atoms with Gasteiger partial charge in [0.05, 0.1) is 29.8 Å². The molecule has 0 aliphatic heterocycles. The number of methoxy groups -OCH3 is 1. The van der Waals surface area contributed by atoms with Crippen molar-refractivity contribution >= 4 is 6.29 Å². The number of hydrogen-bond acceptors (Lipinski definition) is 7. The van der Waals surface area contributed by atoms with Crippen molar-refractivity contribution in [2.24, 2.45) is 0 Å². The number of aromatic nitrogens is 4. The highest BCUT2D eigenvalue weighted by molar-refractivity contribution is 5.79. The Labute approximate surface area is 169 Å². The summed E-state index contributed by atoms with van der Waals surface area (Å²) in [7, 11) is 1.59. The number of aldehydes is 1. The van der Waals surface area contributed by atoms with Crippen LogP contribution in [0.1, 0.15) is 35.8 Å². The maximum absolute atomic E-state index is 11.5. The number of rotatable bonds is 10. The highest BCUT2D eigenvalue weighted by Gasteiger charge is 2.15. The highest BCUT2D eigenvalue weighted by Crippen LogP contribution is 2.26. The van der Waals surface area contributed by atoms with Gasteiger partial charge in [0.15, 0.2) is 6.29 Å². The monoisotopic (exact) mass is 396 g/mol. The smallest absolute Gasteiger partial charge is 0.214 e. The fraction of sp³-hybridized carbons (Fsp3) is 0.333. The molecule has 0 saturated carbocycles. The van der Waals surface area contributed by atoms with E-state index in [9.17, 15) is 4.79 Å². The minimum Gasteiger partial charge on any atom is -0.486 e. The molecule has 3 heterocycles. The van der Waals surface area contributed by atoms with E-state index in [1.807, 2.05) is 22.9 Å². The molecule has 0 bridgehead atoms. The first-order valence-electron chi connectivity index (χ1n) is 9.31. The van der Waals surface area contributed by atoms with E-state index in [2.05, 4.69) is 28.9 Å². The molecule has 3 aromatic rings. The third-order valence-corrected chi connectivity index (χ3v) is 4.21. The van der Waals surface area contributed by atoms with Gasteiger partial charge in [-0.25, -0.2) is 4.98 Å². The Balaban J connectivity index is 1.78. The van der Waals surface area contributed by atoms with Gasteiger partial charge in [-0.2, -0.15) is 5.10 Å². The lowest BCUT2D eigenvalue weighted by atomic mass is 10.1. The van der Waals surface area contributed by atoms with Crippen LogP contribution in [0.25, 0.3) is 11.4 Å². The molecular weight excluding hydrogens is 372 g/mol. The molecule has 8 heteroatoms. The van der Waals surface area contributed by atoms with E-state index in [0.717, 1.165) is 23.2 Å². The summed E-state index contributed by atoms with van der Waals surface area (Å²) in [5.41, 5.74) is 2.95. The summed E-state index contributed by atoms with van der Waals surface area (Å²) in [6.45, 7) is 5.15. The lowest BCUT2D eigenvalue weighted by Gasteiger charge is -2.14. The molecule has 0 spiro atoms. The van der Waals surface area contributed by atoms with Crippen LogP contribution in [-0.4, -0.2) is 46.4 Å². The van der Waals surface area contributed by atoms with E-state index < -0.39 is 0 Å². The standard InChI is InChI=1S/C21H24N4O4/c1-15(2)25-18(6-8-24-25)21-16(5-4-7-22-21)14-29-19-12-23-20(11-17(19)13-26)28-10-9-27-3/h4-8,11-13,15H,9-10,14H2,1-3H3. The molecule has 0 amide bonds. The lowest BCUT2D eigenvalue weighted by molar-refractivity contribution is 0.111. The Hall–Kier alpha value is -3.26. The quantitative estimate of drug-likeness (QED) is 0.384. The number of carbonyl (C=O) groups is 1. The first-order valence-corrected chi connectivity index (χ1v) is 9.31. The van der Waals surface area contributed by atoms with Crippen LogP contribution in [0.15, 0.2) is 42.9 Å². The summed E-state index contributed by atoms with van der Waals surface area (Å²) in [6, 6.07) is 7.47. The average molecular weight is 396 g/mol. The summed E-state index contributed by atoms with van der Waals surface area (Å²) in [5, 5.41) is 4.38. The zero-order valence-electron chi connectivity index (χ0n) is 16.7. The predicted octanol–water partition coefficient (Wildman–Crippen LogP) is 3.34. The second-order valence-electron chi connectivity index (χ2n) is 6.57. The molecule has 0 atom stereocenters. The molecule has 3 rings (SSSR count). The third kappa shape index (κ3) is 4.97. The molecule has 0 aromatic carbocycles. The van der Waals surface area contributed by atoms with Crippen LogP contribution in [0.2, 0.25) is 0 Å². The van der Waals surface area contributed by atoms with Gasteiger partial charge in [-0.1, -0.05) is 6.07 Å². The van der Waals surface area contributed by atoms with E-state index in [4.69, 9.17) is 14.2 Å². The van der Waals surface area contributed by atoms with Gasteiger partial charge in [-0.3, -0.25) is 14.5 Å². The van der Waals surface area contributed by atoms with Crippen molar-refractivity contribution in [1.82, 2.24) is 19.7 Å². The fourth-order valence-corrected chi connectivity index (χ4v) is 2.81. The third-order valence-electron chi connectivity index (χ3n) is 4.21. The Bertz CT molecular complexity index is 955. The molecule has 0 saturated heterocycles. The van der Waals surface area contributed by atoms with Crippen LogP contribution < -0.4 is 9.47 Å². The van der Waals surface area contributed by atoms with E-state index >= 15 is 0 Å². The predicted molar refractivity (Wildman–Crippen MR) is 107 cm³/mol. The van der Waals surface area contributed by atoms with Gasteiger partial charge in [0.2, 0.25) is 5.88 Å². The highest BCUT2D eigenvalue weighted by atomic mass is 16.5. The Morgan fingerprint density at radius 1 is 1.14 bits per heavy atom. The zero-order chi connectivity index (χ0) is 20.6. The van der Waals surface area contributed by atoms with Gasteiger partial charge in [0.25, 0.3) is 0 Å². The fourth-order valence-electron chi connectivity index (χ4n) is 2.81. The lowest BCUT2D eigenvalue weighted by Crippen LogP contribution is -2.08. The Morgan fingerprint density at radius 3 is 2.76 bits per heavy atom. The van der Waals surface area contributed by atoms with Crippen molar-refractivity contribution in [3.05, 3.63) is 54.0 Å². The second kappa shape index (κ2) is 9.79. The number of carbonyl (C=O) groups excluding carboxylic acids is 1. The Morgan fingerprint density at radius 2 is 2.00 bits per heavy atom. The van der Waals surface area contributed by atoms with Crippen LogP contribution in [-0.2, 0) is 11.3 Å². The molecule has 0 aliphatic rings. The Kier molecular flexibility index (Phi) is 6.91. The van der Waals surface area contributed by atoms with Crippen LogP contribution in [0.3, 0.4) is 0 Å². The van der Waals surface area contributed by atoms with Crippen molar-refractivity contribution in [3.63, 3.8) is 0 Å². The molecule has 29 heavy (non-hydrogen) atoms. The van der Waals surface area contributed by atoms with Gasteiger partial charge >= 0.3 is 0 Å². The molecule has 3 aromatic heterocycles. The van der Waals surface area contributed by atoms with E-state index in [0.29, 0.717) is 30.4 Å². The first-order chi connectivity index (χ1) is 14.1. The van der Waals surface area contributed by atoms with Crippen molar-refractivity contribution in [2.75, 3.05) is 20.3 Å². The molecular formula is C21H24N4O4. The number of pyridine rings is 2. The summed E-state index contributed by atoms with van der Waals surface area (Å²) >= 11 is 0. The molecule has 8 nitrogen and oxygen atoms in total. The van der Waals surface area contributed by atoms with E-state index in [1.54, 1.807) is 25.6 Å². The largest absolute Gasteiger partial charge is 0.486 e. The van der Waals surface area contributed by atoms with Crippen LogP contribution in [0, 0.1) is 0 Å². The first kappa shape index (κ1) is 20.5. The van der Waals surface area contributed by atoms with Crippen LogP contribution in [0.4, 0.5) is 0 Å². The number of ether oxygens (including phenoxy) is 3. The van der Waals surface area contributed by atoms with Gasteiger partial charge in [-0.15, -0.1) is 0 Å². The maximum atomic E-state index is 11.5. The minimum absolute atomic E-state index is 0.201. The van der Waals surface area contributed by atoms with Crippen molar-refractivity contribution in [3.8, 4) is 23.0 Å². The van der Waals surface area contributed by atoms with Crippen molar-refractivity contribution in [2.45, 2.75) is 26.5 Å². The normalized spacial score (nSPS) is 10.9. The van der Waals surface area contributed by atoms with Gasteiger partial charge in [0, 0.05) is 37.2 Å². The molecule has 0 radical (unpaired) electrons. The molecule has 0 aliphatic carbocycles. The van der Waals surface area contributed by atoms with Crippen LogP contribution in [0.5, 0.6) is 11.6 Å². The summed E-state index contributed by atoms with van der Waals surface area (Å²) in [5.74, 6) is 0.727.